The molecule has 2 aromatic rings. The SMILES string of the molecule is COCCCOc1cc2c(cc1C1CC1)-c1cc(=O)c(C(=O)OC)cn1N1[C@@H]2CCC1(C)C. The van der Waals surface area contributed by atoms with Gasteiger partial charge >= 0.3 is 5.97 Å². The second-order valence-electron chi connectivity index (χ2n) is 9.93. The first-order chi connectivity index (χ1) is 15.9. The molecule has 1 aromatic carbocycles. The second kappa shape index (κ2) is 8.20. The van der Waals surface area contributed by atoms with E-state index in [1.54, 1.807) is 19.4 Å². The number of carbonyl (C=O) groups is 1. The highest BCUT2D eigenvalue weighted by atomic mass is 16.5. The Morgan fingerprint density at radius 2 is 1.88 bits per heavy atom. The van der Waals surface area contributed by atoms with Gasteiger partial charge in [0.1, 0.15) is 11.3 Å². The van der Waals surface area contributed by atoms with Gasteiger partial charge in [-0.3, -0.25) is 14.5 Å². The maximum Gasteiger partial charge on any atom is 0.343 e. The zero-order chi connectivity index (χ0) is 23.3. The van der Waals surface area contributed by atoms with Gasteiger partial charge in [-0.25, -0.2) is 4.79 Å². The third-order valence-electron chi connectivity index (χ3n) is 7.20. The molecule has 1 saturated heterocycles. The van der Waals surface area contributed by atoms with E-state index in [1.165, 1.54) is 18.2 Å². The lowest BCUT2D eigenvalue weighted by Gasteiger charge is -2.44. The highest BCUT2D eigenvalue weighted by Crippen LogP contribution is 2.52. The minimum absolute atomic E-state index is 0.0617. The fourth-order valence-corrected chi connectivity index (χ4v) is 5.38. The van der Waals surface area contributed by atoms with Crippen molar-refractivity contribution in [3.63, 3.8) is 0 Å². The maximum absolute atomic E-state index is 12.9. The summed E-state index contributed by atoms with van der Waals surface area (Å²) in [6, 6.07) is 6.16. The summed E-state index contributed by atoms with van der Waals surface area (Å²) < 4.78 is 18.3. The van der Waals surface area contributed by atoms with Gasteiger partial charge in [0.15, 0.2) is 5.43 Å². The number of methoxy groups -OCH3 is 2. The van der Waals surface area contributed by atoms with Gasteiger partial charge in [0.25, 0.3) is 0 Å². The summed E-state index contributed by atoms with van der Waals surface area (Å²) in [7, 11) is 3.01. The second-order valence-corrected chi connectivity index (χ2v) is 9.93. The van der Waals surface area contributed by atoms with E-state index in [0.29, 0.717) is 19.1 Å². The molecule has 1 aromatic heterocycles. The van der Waals surface area contributed by atoms with Crippen LogP contribution in [0.25, 0.3) is 11.3 Å². The molecule has 5 rings (SSSR count). The number of rotatable bonds is 7. The molecule has 0 spiro atoms. The molecule has 3 aliphatic rings. The average molecular weight is 453 g/mol. The van der Waals surface area contributed by atoms with Gasteiger partial charge in [0, 0.05) is 38.0 Å². The Kier molecular flexibility index (Phi) is 5.47. The minimum Gasteiger partial charge on any atom is -0.493 e. The molecular formula is C26H32N2O5. The Hall–Kier alpha value is -2.80. The van der Waals surface area contributed by atoms with E-state index in [0.717, 1.165) is 49.1 Å². The van der Waals surface area contributed by atoms with Gasteiger partial charge in [0.2, 0.25) is 0 Å². The smallest absolute Gasteiger partial charge is 0.343 e. The van der Waals surface area contributed by atoms with Crippen molar-refractivity contribution in [1.82, 2.24) is 4.68 Å². The van der Waals surface area contributed by atoms with Crippen LogP contribution in [0.5, 0.6) is 5.75 Å². The molecule has 176 valence electrons. The van der Waals surface area contributed by atoms with Crippen LogP contribution in [0.2, 0.25) is 0 Å². The molecule has 1 aliphatic carbocycles. The molecule has 2 fully saturated rings. The van der Waals surface area contributed by atoms with Crippen molar-refractivity contribution >= 4 is 5.97 Å². The lowest BCUT2D eigenvalue weighted by atomic mass is 9.90. The summed E-state index contributed by atoms with van der Waals surface area (Å²) in [4.78, 5) is 25.2. The molecule has 1 saturated carbocycles. The van der Waals surface area contributed by atoms with Crippen LogP contribution in [-0.2, 0) is 9.47 Å². The number of ether oxygens (including phenoxy) is 3. The summed E-state index contributed by atoms with van der Waals surface area (Å²) >= 11 is 0. The molecule has 7 heteroatoms. The molecule has 0 radical (unpaired) electrons. The Balaban J connectivity index is 1.67. The molecule has 2 aliphatic heterocycles. The van der Waals surface area contributed by atoms with E-state index in [9.17, 15) is 9.59 Å². The van der Waals surface area contributed by atoms with E-state index < -0.39 is 5.97 Å². The van der Waals surface area contributed by atoms with Gasteiger partial charge in [-0.2, -0.15) is 0 Å². The largest absolute Gasteiger partial charge is 0.493 e. The zero-order valence-corrected chi connectivity index (χ0v) is 19.8. The standard InChI is InChI=1S/C26H32N2O5/c1-26(2)9-8-21-19-13-24(33-11-5-10-31-3)17(16-6-7-16)12-18(19)22-14-23(29)20(25(30)32-4)15-27(22)28(21)26/h12-16,21H,5-11H2,1-4H3/t21-/m1/s1. The van der Waals surface area contributed by atoms with Crippen molar-refractivity contribution in [2.24, 2.45) is 0 Å². The number of fused-ring (bicyclic) bond motifs is 6. The number of benzene rings is 1. The van der Waals surface area contributed by atoms with E-state index in [4.69, 9.17) is 14.2 Å². The Labute approximate surface area is 194 Å². The Morgan fingerprint density at radius 3 is 2.58 bits per heavy atom. The molecule has 0 amide bonds. The number of pyridine rings is 1. The van der Waals surface area contributed by atoms with E-state index in [1.807, 2.05) is 4.68 Å². The first-order valence-electron chi connectivity index (χ1n) is 11.8. The summed E-state index contributed by atoms with van der Waals surface area (Å²) in [6.07, 6.45) is 6.82. The quantitative estimate of drug-likeness (QED) is 0.464. The van der Waals surface area contributed by atoms with Gasteiger partial charge in [-0.15, -0.1) is 0 Å². The number of aromatic nitrogens is 1. The van der Waals surface area contributed by atoms with Gasteiger partial charge in [-0.05, 0) is 68.7 Å². The normalized spacial score (nSPS) is 20.1. The van der Waals surface area contributed by atoms with Crippen LogP contribution in [0.4, 0.5) is 0 Å². The highest BCUT2D eigenvalue weighted by molar-refractivity contribution is 5.89. The first-order valence-corrected chi connectivity index (χ1v) is 11.8. The molecule has 1 atom stereocenters. The van der Waals surface area contributed by atoms with Crippen LogP contribution in [0.1, 0.15) is 79.4 Å². The monoisotopic (exact) mass is 452 g/mol. The molecule has 0 N–H and O–H groups in total. The van der Waals surface area contributed by atoms with Gasteiger partial charge < -0.3 is 14.2 Å². The fourth-order valence-electron chi connectivity index (χ4n) is 5.38. The van der Waals surface area contributed by atoms with Crippen molar-refractivity contribution < 1.29 is 19.0 Å². The number of nitrogens with zero attached hydrogens (tertiary/aromatic N) is 2. The Morgan fingerprint density at radius 1 is 1.09 bits per heavy atom. The topological polar surface area (TPSA) is 70.0 Å². The van der Waals surface area contributed by atoms with Crippen LogP contribution in [0.15, 0.2) is 29.2 Å². The van der Waals surface area contributed by atoms with Crippen LogP contribution in [0, 0.1) is 0 Å². The van der Waals surface area contributed by atoms with Crippen molar-refractivity contribution in [2.45, 2.75) is 63.5 Å². The van der Waals surface area contributed by atoms with Crippen LogP contribution >= 0.6 is 0 Å². The molecule has 7 nitrogen and oxygen atoms in total. The van der Waals surface area contributed by atoms with E-state index >= 15 is 0 Å². The fraction of sp³-hybridized carbons (Fsp3) is 0.538. The minimum atomic E-state index is -0.604. The maximum atomic E-state index is 12.9. The molecule has 0 bridgehead atoms. The van der Waals surface area contributed by atoms with Crippen LogP contribution < -0.4 is 15.2 Å². The molecule has 3 heterocycles. The predicted molar refractivity (Wildman–Crippen MR) is 126 cm³/mol. The lowest BCUT2D eigenvalue weighted by Crippen LogP contribution is -2.50. The third kappa shape index (κ3) is 3.72. The molecule has 33 heavy (non-hydrogen) atoms. The zero-order valence-electron chi connectivity index (χ0n) is 19.8. The van der Waals surface area contributed by atoms with Crippen molar-refractivity contribution in [3.05, 3.63) is 51.3 Å². The number of carbonyl (C=O) groups excluding carboxylic acids is 1. The number of esters is 1. The first kappa shape index (κ1) is 22.0. The molecule has 0 unspecified atom stereocenters. The summed E-state index contributed by atoms with van der Waals surface area (Å²) in [5.41, 5.74) is 3.91. The summed E-state index contributed by atoms with van der Waals surface area (Å²) in [5.74, 6) is 0.854. The van der Waals surface area contributed by atoms with E-state index in [2.05, 4.69) is 31.0 Å². The van der Waals surface area contributed by atoms with Gasteiger partial charge in [0.05, 0.1) is 31.0 Å². The van der Waals surface area contributed by atoms with Crippen LogP contribution in [-0.4, -0.2) is 43.6 Å². The van der Waals surface area contributed by atoms with Crippen LogP contribution in [0.3, 0.4) is 0 Å². The highest BCUT2D eigenvalue weighted by Gasteiger charge is 2.45. The van der Waals surface area contributed by atoms with Gasteiger partial charge in [-0.1, -0.05) is 0 Å². The summed E-state index contributed by atoms with van der Waals surface area (Å²) in [5, 5.41) is 2.31. The predicted octanol–water partition coefficient (Wildman–Crippen LogP) is 4.16. The molecular weight excluding hydrogens is 420 g/mol. The van der Waals surface area contributed by atoms with Crippen molar-refractivity contribution in [1.29, 1.82) is 0 Å². The lowest BCUT2D eigenvalue weighted by molar-refractivity contribution is 0.0598. The number of hydrogen-bond donors (Lipinski definition) is 0. The third-order valence-corrected chi connectivity index (χ3v) is 7.20. The van der Waals surface area contributed by atoms with Crippen molar-refractivity contribution in [3.8, 4) is 17.0 Å². The number of hydrogen-bond acceptors (Lipinski definition) is 6. The Bertz CT molecular complexity index is 1150. The van der Waals surface area contributed by atoms with Crippen molar-refractivity contribution in [2.75, 3.05) is 32.4 Å². The average Bonchev–Trinajstić information content (AvgIpc) is 3.59. The summed E-state index contributed by atoms with van der Waals surface area (Å²) in [6.45, 7) is 5.70. The van der Waals surface area contributed by atoms with E-state index in [-0.39, 0.29) is 22.6 Å².